The van der Waals surface area contributed by atoms with E-state index in [-0.39, 0.29) is 0 Å². The molecule has 0 aliphatic carbocycles. The number of nitrogens with zero attached hydrogens (tertiary/aromatic N) is 1. The molecule has 0 fully saturated rings. The van der Waals surface area contributed by atoms with Gasteiger partial charge >= 0.3 is 5.97 Å². The summed E-state index contributed by atoms with van der Waals surface area (Å²) >= 11 is 0. The molecule has 1 heterocycles. The largest absolute Gasteiger partial charge is 0.466 e. The zero-order valence-electron chi connectivity index (χ0n) is 8.15. The van der Waals surface area contributed by atoms with Crippen molar-refractivity contribution in [2.45, 2.75) is 6.92 Å². The summed E-state index contributed by atoms with van der Waals surface area (Å²) in [7, 11) is 1.33. The van der Waals surface area contributed by atoms with Gasteiger partial charge < -0.3 is 10.5 Å². The van der Waals surface area contributed by atoms with Gasteiger partial charge in [-0.15, -0.1) is 0 Å². The summed E-state index contributed by atoms with van der Waals surface area (Å²) in [6.45, 7) is 1.89. The summed E-state index contributed by atoms with van der Waals surface area (Å²) in [4.78, 5) is 14.9. The van der Waals surface area contributed by atoms with E-state index in [9.17, 15) is 4.79 Å². The van der Waals surface area contributed by atoms with Crippen LogP contribution in [-0.4, -0.2) is 18.1 Å². The quantitative estimate of drug-likeness (QED) is 0.564. The molecule has 0 bridgehead atoms. The summed E-state index contributed by atoms with van der Waals surface area (Å²) in [5.74, 6) is 0.0220. The van der Waals surface area contributed by atoms with E-state index in [4.69, 9.17) is 5.73 Å². The first-order chi connectivity index (χ1) is 6.63. The Kier molecular flexibility index (Phi) is 3.23. The first-order valence-electron chi connectivity index (χ1n) is 4.12. The molecule has 0 saturated carbocycles. The van der Waals surface area contributed by atoms with Crippen LogP contribution in [-0.2, 0) is 9.53 Å². The maximum Gasteiger partial charge on any atom is 0.330 e. The smallest absolute Gasteiger partial charge is 0.330 e. The number of carbonyl (C=O) groups is 1. The van der Waals surface area contributed by atoms with Gasteiger partial charge in [0.1, 0.15) is 5.82 Å². The Morgan fingerprint density at radius 3 is 2.93 bits per heavy atom. The molecule has 0 unspecified atom stereocenters. The molecular weight excluding hydrogens is 180 g/mol. The summed E-state index contributed by atoms with van der Waals surface area (Å²) in [5.41, 5.74) is 7.14. The summed E-state index contributed by atoms with van der Waals surface area (Å²) in [5, 5.41) is 0. The molecule has 0 atom stereocenters. The second-order valence-corrected chi connectivity index (χ2v) is 2.79. The maximum atomic E-state index is 10.8. The number of anilines is 1. The van der Waals surface area contributed by atoms with E-state index >= 15 is 0 Å². The number of aromatic nitrogens is 1. The average molecular weight is 192 g/mol. The van der Waals surface area contributed by atoms with E-state index in [1.807, 2.05) is 13.0 Å². The third-order valence-corrected chi connectivity index (χ3v) is 1.74. The van der Waals surface area contributed by atoms with Crippen molar-refractivity contribution in [2.75, 3.05) is 12.8 Å². The molecule has 14 heavy (non-hydrogen) atoms. The highest BCUT2D eigenvalue weighted by Crippen LogP contribution is 2.09. The topological polar surface area (TPSA) is 65.2 Å². The lowest BCUT2D eigenvalue weighted by atomic mass is 10.2. The molecule has 0 aliphatic rings. The van der Waals surface area contributed by atoms with Gasteiger partial charge in [0.2, 0.25) is 0 Å². The predicted molar refractivity (Wildman–Crippen MR) is 54.4 cm³/mol. The van der Waals surface area contributed by atoms with Gasteiger partial charge in [-0.2, -0.15) is 0 Å². The Labute approximate surface area is 82.4 Å². The van der Waals surface area contributed by atoms with Crippen LogP contribution in [0.15, 0.2) is 18.2 Å². The number of hydrogen-bond acceptors (Lipinski definition) is 4. The minimum absolute atomic E-state index is 0.409. The molecule has 0 saturated heterocycles. The number of carbonyl (C=O) groups excluding carboxylic acids is 1. The Morgan fingerprint density at radius 2 is 2.29 bits per heavy atom. The van der Waals surface area contributed by atoms with Crippen molar-refractivity contribution >= 4 is 17.9 Å². The normalized spacial score (nSPS) is 10.4. The van der Waals surface area contributed by atoms with E-state index in [1.165, 1.54) is 13.2 Å². The van der Waals surface area contributed by atoms with E-state index in [1.54, 1.807) is 12.1 Å². The molecule has 0 aliphatic heterocycles. The molecule has 4 nitrogen and oxygen atoms in total. The molecule has 1 aromatic heterocycles. The van der Waals surface area contributed by atoms with Gasteiger partial charge in [-0.05, 0) is 24.6 Å². The van der Waals surface area contributed by atoms with Crippen LogP contribution in [0.3, 0.4) is 0 Å². The second-order valence-electron chi connectivity index (χ2n) is 2.79. The van der Waals surface area contributed by atoms with Crippen LogP contribution in [0.2, 0.25) is 0 Å². The third kappa shape index (κ3) is 2.58. The highest BCUT2D eigenvalue weighted by molar-refractivity contribution is 5.86. The van der Waals surface area contributed by atoms with Crippen LogP contribution >= 0.6 is 0 Å². The Bertz CT molecular complexity index is 372. The number of aryl methyl sites for hydroxylation is 1. The molecule has 0 radical (unpaired) electrons. The number of hydrogen-bond donors (Lipinski definition) is 1. The first kappa shape index (κ1) is 10.2. The van der Waals surface area contributed by atoms with Crippen molar-refractivity contribution in [3.63, 3.8) is 0 Å². The van der Waals surface area contributed by atoms with Gasteiger partial charge in [0.25, 0.3) is 0 Å². The van der Waals surface area contributed by atoms with Crippen molar-refractivity contribution in [3.8, 4) is 0 Å². The SMILES string of the molecule is COC(=O)/C=C/c1nc(N)ccc1C. The summed E-state index contributed by atoms with van der Waals surface area (Å²) in [6, 6.07) is 3.56. The molecule has 0 aromatic carbocycles. The molecule has 4 heteroatoms. The lowest BCUT2D eigenvalue weighted by Gasteiger charge is -1.99. The number of nitrogens with two attached hydrogens (primary N) is 1. The molecule has 1 rings (SSSR count). The van der Waals surface area contributed by atoms with Crippen LogP contribution in [0.5, 0.6) is 0 Å². The van der Waals surface area contributed by atoms with Crippen LogP contribution in [0.25, 0.3) is 6.08 Å². The van der Waals surface area contributed by atoms with Gasteiger partial charge in [-0.1, -0.05) is 6.07 Å². The Morgan fingerprint density at radius 1 is 1.57 bits per heavy atom. The van der Waals surface area contributed by atoms with Gasteiger partial charge in [0, 0.05) is 6.08 Å². The van der Waals surface area contributed by atoms with E-state index < -0.39 is 5.97 Å². The first-order valence-corrected chi connectivity index (χ1v) is 4.12. The lowest BCUT2D eigenvalue weighted by Crippen LogP contribution is -1.96. The number of methoxy groups -OCH3 is 1. The Balaban J connectivity index is 2.90. The van der Waals surface area contributed by atoms with Crippen molar-refractivity contribution in [1.82, 2.24) is 4.98 Å². The van der Waals surface area contributed by atoms with E-state index in [2.05, 4.69) is 9.72 Å². The van der Waals surface area contributed by atoms with E-state index in [0.29, 0.717) is 11.5 Å². The number of rotatable bonds is 2. The van der Waals surface area contributed by atoms with Gasteiger partial charge in [0.15, 0.2) is 0 Å². The van der Waals surface area contributed by atoms with Gasteiger partial charge in [-0.25, -0.2) is 9.78 Å². The molecule has 0 amide bonds. The van der Waals surface area contributed by atoms with Crippen molar-refractivity contribution < 1.29 is 9.53 Å². The van der Waals surface area contributed by atoms with Gasteiger partial charge in [0.05, 0.1) is 12.8 Å². The van der Waals surface area contributed by atoms with E-state index in [0.717, 1.165) is 5.56 Å². The number of nitrogen functional groups attached to an aromatic ring is 1. The minimum Gasteiger partial charge on any atom is -0.466 e. The van der Waals surface area contributed by atoms with Crippen molar-refractivity contribution in [3.05, 3.63) is 29.5 Å². The number of ether oxygens (including phenoxy) is 1. The van der Waals surface area contributed by atoms with Crippen LogP contribution in [0.1, 0.15) is 11.3 Å². The van der Waals surface area contributed by atoms with Crippen molar-refractivity contribution in [1.29, 1.82) is 0 Å². The molecule has 0 spiro atoms. The molecule has 2 N–H and O–H groups in total. The highest BCUT2D eigenvalue weighted by Gasteiger charge is 1.98. The van der Waals surface area contributed by atoms with Crippen LogP contribution in [0.4, 0.5) is 5.82 Å². The fourth-order valence-electron chi connectivity index (χ4n) is 0.944. The summed E-state index contributed by atoms with van der Waals surface area (Å²) in [6.07, 6.45) is 2.90. The van der Waals surface area contributed by atoms with Crippen LogP contribution in [0, 0.1) is 6.92 Å². The number of pyridine rings is 1. The fourth-order valence-corrected chi connectivity index (χ4v) is 0.944. The predicted octanol–water partition coefficient (Wildman–Crippen LogP) is 1.16. The van der Waals surface area contributed by atoms with Crippen LogP contribution < -0.4 is 5.73 Å². The molecular formula is C10H12N2O2. The molecule has 1 aromatic rings. The maximum absolute atomic E-state index is 10.8. The third-order valence-electron chi connectivity index (χ3n) is 1.74. The zero-order chi connectivity index (χ0) is 10.6. The number of esters is 1. The zero-order valence-corrected chi connectivity index (χ0v) is 8.15. The molecule has 74 valence electrons. The highest BCUT2D eigenvalue weighted by atomic mass is 16.5. The fraction of sp³-hybridized carbons (Fsp3) is 0.200. The lowest BCUT2D eigenvalue weighted by molar-refractivity contribution is -0.134. The van der Waals surface area contributed by atoms with Crippen molar-refractivity contribution in [2.24, 2.45) is 0 Å². The summed E-state index contributed by atoms with van der Waals surface area (Å²) < 4.78 is 4.46. The average Bonchev–Trinajstić information content (AvgIpc) is 2.19. The standard InChI is InChI=1S/C10H12N2O2/c1-7-3-5-9(11)12-8(7)4-6-10(13)14-2/h3-6H,1-2H3,(H2,11,12)/b6-4+. The second kappa shape index (κ2) is 4.41. The monoisotopic (exact) mass is 192 g/mol. The Hall–Kier alpha value is -1.84. The minimum atomic E-state index is -0.409. The van der Waals surface area contributed by atoms with Gasteiger partial charge in [-0.3, -0.25) is 0 Å².